The lowest BCUT2D eigenvalue weighted by Gasteiger charge is -2.25. The van der Waals surface area contributed by atoms with Gasteiger partial charge in [0, 0.05) is 24.7 Å². The summed E-state index contributed by atoms with van der Waals surface area (Å²) in [5, 5.41) is 10.4. The van der Waals surface area contributed by atoms with Crippen molar-refractivity contribution in [2.75, 3.05) is 27.4 Å². The molecule has 5 heteroatoms. The Kier molecular flexibility index (Phi) is 6.36. The lowest BCUT2D eigenvalue weighted by molar-refractivity contribution is 0.0623. The molecular weight excluding hydrogens is 330 g/mol. The number of rotatable bonds is 10. The Balaban J connectivity index is 1.54. The van der Waals surface area contributed by atoms with Crippen LogP contribution in [0.3, 0.4) is 0 Å². The second-order valence-corrected chi connectivity index (χ2v) is 6.61. The number of aliphatic hydroxyl groups excluding tert-OH is 1. The highest BCUT2D eigenvalue weighted by Gasteiger charge is 2.30. The van der Waals surface area contributed by atoms with Crippen LogP contribution in [0.5, 0.6) is 17.2 Å². The van der Waals surface area contributed by atoms with Crippen molar-refractivity contribution in [3.8, 4) is 17.2 Å². The third-order valence-corrected chi connectivity index (χ3v) is 4.58. The van der Waals surface area contributed by atoms with Crippen LogP contribution in [0, 0.1) is 0 Å². The van der Waals surface area contributed by atoms with Crippen molar-refractivity contribution in [3.63, 3.8) is 0 Å². The molecule has 140 valence electrons. The Hall–Kier alpha value is -2.24. The molecule has 26 heavy (non-hydrogen) atoms. The second-order valence-electron chi connectivity index (χ2n) is 6.61. The topological polar surface area (TPSA) is 51.2 Å². The van der Waals surface area contributed by atoms with Gasteiger partial charge >= 0.3 is 0 Å². The van der Waals surface area contributed by atoms with E-state index in [1.165, 1.54) is 12.8 Å². The molecule has 0 aliphatic heterocycles. The molecule has 3 rings (SSSR count). The van der Waals surface area contributed by atoms with Gasteiger partial charge in [-0.15, -0.1) is 0 Å². The average molecular weight is 357 g/mol. The van der Waals surface area contributed by atoms with E-state index in [1.807, 2.05) is 42.5 Å². The van der Waals surface area contributed by atoms with Crippen molar-refractivity contribution in [3.05, 3.63) is 54.1 Å². The number of nitrogens with zero attached hydrogens (tertiary/aromatic N) is 1. The molecule has 5 nitrogen and oxygen atoms in total. The maximum absolute atomic E-state index is 10.4. The van der Waals surface area contributed by atoms with Gasteiger partial charge in [-0.1, -0.05) is 18.2 Å². The van der Waals surface area contributed by atoms with Crippen LogP contribution in [0.25, 0.3) is 0 Å². The minimum Gasteiger partial charge on any atom is -0.497 e. The van der Waals surface area contributed by atoms with Gasteiger partial charge in [-0.25, -0.2) is 0 Å². The van der Waals surface area contributed by atoms with Gasteiger partial charge in [0.15, 0.2) is 0 Å². The Labute approximate surface area is 155 Å². The first-order valence-corrected chi connectivity index (χ1v) is 9.00. The lowest BCUT2D eigenvalue weighted by atomic mass is 10.1. The molecule has 0 heterocycles. The van der Waals surface area contributed by atoms with E-state index < -0.39 is 6.10 Å². The summed E-state index contributed by atoms with van der Waals surface area (Å²) in [6.45, 7) is 1.62. The number of ether oxygens (including phenoxy) is 3. The van der Waals surface area contributed by atoms with E-state index in [0.29, 0.717) is 12.6 Å². The van der Waals surface area contributed by atoms with Crippen LogP contribution >= 0.6 is 0 Å². The highest BCUT2D eigenvalue weighted by molar-refractivity contribution is 5.33. The number of methoxy groups -OCH3 is 2. The first-order chi connectivity index (χ1) is 12.7. The molecule has 1 unspecified atom stereocenters. The lowest BCUT2D eigenvalue weighted by Crippen LogP contribution is -2.36. The van der Waals surface area contributed by atoms with Crippen molar-refractivity contribution in [1.82, 2.24) is 4.90 Å². The van der Waals surface area contributed by atoms with E-state index in [4.69, 9.17) is 14.2 Å². The minimum atomic E-state index is -0.549. The highest BCUT2D eigenvalue weighted by atomic mass is 16.5. The number of aliphatic hydroxyl groups is 1. The maximum atomic E-state index is 10.4. The Bertz CT molecular complexity index is 685. The summed E-state index contributed by atoms with van der Waals surface area (Å²) in [5.74, 6) is 2.41. The van der Waals surface area contributed by atoms with Gasteiger partial charge < -0.3 is 19.3 Å². The fourth-order valence-electron chi connectivity index (χ4n) is 3.02. The van der Waals surface area contributed by atoms with E-state index in [9.17, 15) is 5.11 Å². The van der Waals surface area contributed by atoms with Crippen LogP contribution in [0.1, 0.15) is 18.4 Å². The molecule has 0 bridgehead atoms. The van der Waals surface area contributed by atoms with Crippen LogP contribution in [0.4, 0.5) is 0 Å². The monoisotopic (exact) mass is 357 g/mol. The number of para-hydroxylation sites is 1. The van der Waals surface area contributed by atoms with Gasteiger partial charge in [0.25, 0.3) is 0 Å². The first kappa shape index (κ1) is 18.5. The first-order valence-electron chi connectivity index (χ1n) is 9.00. The predicted molar refractivity (Wildman–Crippen MR) is 101 cm³/mol. The van der Waals surface area contributed by atoms with Gasteiger partial charge in [-0.2, -0.15) is 0 Å². The van der Waals surface area contributed by atoms with Crippen LogP contribution in [0.15, 0.2) is 48.5 Å². The third kappa shape index (κ3) is 5.13. The van der Waals surface area contributed by atoms with Gasteiger partial charge in [-0.3, -0.25) is 4.90 Å². The van der Waals surface area contributed by atoms with Gasteiger partial charge in [0.2, 0.25) is 0 Å². The van der Waals surface area contributed by atoms with Crippen LogP contribution < -0.4 is 14.2 Å². The van der Waals surface area contributed by atoms with Crippen LogP contribution in [0.2, 0.25) is 0 Å². The van der Waals surface area contributed by atoms with Crippen LogP contribution in [-0.2, 0) is 6.54 Å². The maximum Gasteiger partial charge on any atom is 0.123 e. The zero-order valence-electron chi connectivity index (χ0n) is 15.4. The fraction of sp³-hybridized carbons (Fsp3) is 0.429. The van der Waals surface area contributed by atoms with Crippen molar-refractivity contribution >= 4 is 0 Å². The normalized spacial score (nSPS) is 14.9. The summed E-state index contributed by atoms with van der Waals surface area (Å²) in [4.78, 5) is 2.32. The Morgan fingerprint density at radius 3 is 2.35 bits per heavy atom. The molecule has 0 spiro atoms. The minimum absolute atomic E-state index is 0.265. The van der Waals surface area contributed by atoms with Crippen molar-refractivity contribution < 1.29 is 19.3 Å². The standard InChI is InChI=1S/C21H27NO4/c1-24-19-9-11-20(12-10-19)26-15-18(23)14-22(17-7-8-17)13-16-5-3-4-6-21(16)25-2/h3-6,9-12,17-18,23H,7-8,13-15H2,1-2H3. The zero-order valence-corrected chi connectivity index (χ0v) is 15.4. The molecule has 2 aromatic rings. The van der Waals surface area contributed by atoms with E-state index in [-0.39, 0.29) is 6.61 Å². The molecule has 1 fully saturated rings. The quantitative estimate of drug-likeness (QED) is 0.708. The van der Waals surface area contributed by atoms with Gasteiger partial charge in [0.1, 0.15) is 30.0 Å². The number of benzene rings is 2. The molecular formula is C21H27NO4. The molecule has 0 amide bonds. The number of hydrogen-bond donors (Lipinski definition) is 1. The summed E-state index contributed by atoms with van der Waals surface area (Å²) in [6.07, 6.45) is 1.81. The fourth-order valence-corrected chi connectivity index (χ4v) is 3.02. The second kappa shape index (κ2) is 8.92. The summed E-state index contributed by atoms with van der Waals surface area (Å²) < 4.78 is 16.3. The van der Waals surface area contributed by atoms with E-state index >= 15 is 0 Å². The molecule has 1 saturated carbocycles. The highest BCUT2D eigenvalue weighted by Crippen LogP contribution is 2.30. The van der Waals surface area contributed by atoms with Crippen LogP contribution in [-0.4, -0.2) is 49.5 Å². The molecule has 1 aliphatic carbocycles. The summed E-state index contributed by atoms with van der Waals surface area (Å²) >= 11 is 0. The van der Waals surface area contributed by atoms with Crippen molar-refractivity contribution in [1.29, 1.82) is 0 Å². The predicted octanol–water partition coefficient (Wildman–Crippen LogP) is 3.11. The average Bonchev–Trinajstić information content (AvgIpc) is 3.52. The van der Waals surface area contributed by atoms with Crippen molar-refractivity contribution in [2.24, 2.45) is 0 Å². The molecule has 0 saturated heterocycles. The number of hydrogen-bond acceptors (Lipinski definition) is 5. The van der Waals surface area contributed by atoms with Gasteiger partial charge in [0.05, 0.1) is 14.2 Å². The van der Waals surface area contributed by atoms with E-state index in [1.54, 1.807) is 14.2 Å². The van der Waals surface area contributed by atoms with E-state index in [0.717, 1.165) is 29.4 Å². The summed E-state index contributed by atoms with van der Waals surface area (Å²) in [5.41, 5.74) is 1.14. The molecule has 1 atom stereocenters. The smallest absolute Gasteiger partial charge is 0.123 e. The molecule has 1 N–H and O–H groups in total. The summed E-state index contributed by atoms with van der Waals surface area (Å²) in [6, 6.07) is 16.0. The van der Waals surface area contributed by atoms with Crippen molar-refractivity contribution in [2.45, 2.75) is 31.5 Å². The zero-order chi connectivity index (χ0) is 18.4. The van der Waals surface area contributed by atoms with E-state index in [2.05, 4.69) is 11.0 Å². The largest absolute Gasteiger partial charge is 0.497 e. The molecule has 0 aromatic heterocycles. The molecule has 1 aliphatic rings. The summed E-state index contributed by atoms with van der Waals surface area (Å²) in [7, 11) is 3.33. The SMILES string of the molecule is COc1ccc(OCC(O)CN(Cc2ccccc2OC)C2CC2)cc1. The molecule has 2 aromatic carbocycles. The third-order valence-electron chi connectivity index (χ3n) is 4.58. The Morgan fingerprint density at radius 1 is 1.00 bits per heavy atom. The van der Waals surface area contributed by atoms with Gasteiger partial charge in [-0.05, 0) is 43.2 Å². The Morgan fingerprint density at radius 2 is 1.69 bits per heavy atom. The molecule has 0 radical (unpaired) electrons.